The molecule has 1 saturated heterocycles. The average Bonchev–Trinajstić information content (AvgIpc) is 2.80. The molecule has 1 aromatic rings. The zero-order chi connectivity index (χ0) is 12.8. The van der Waals surface area contributed by atoms with Gasteiger partial charge in [-0.1, -0.05) is 19.0 Å². The number of hydrogen-bond acceptors (Lipinski definition) is 5. The van der Waals surface area contributed by atoms with E-state index in [-0.39, 0.29) is 6.04 Å². The molecule has 5 heteroatoms. The van der Waals surface area contributed by atoms with Gasteiger partial charge in [0.1, 0.15) is 0 Å². The van der Waals surface area contributed by atoms with Gasteiger partial charge in [-0.05, 0) is 18.8 Å². The first-order chi connectivity index (χ1) is 8.58. The molecule has 0 bridgehead atoms. The van der Waals surface area contributed by atoms with Gasteiger partial charge in [-0.25, -0.2) is 0 Å². The van der Waals surface area contributed by atoms with Crippen LogP contribution in [0.3, 0.4) is 0 Å². The SMILES string of the molecule is CC(c1nc(C2CC2(C)C)no1)N1CCNCC1. The zero-order valence-corrected chi connectivity index (χ0v) is 11.4. The standard InChI is InChI=1S/C13H22N4O/c1-9(17-6-4-14-5-7-17)12-15-11(16-18-12)10-8-13(10,2)3/h9-10,14H,4-8H2,1-3H3. The molecule has 0 amide bonds. The fourth-order valence-electron chi connectivity index (χ4n) is 2.69. The number of piperazine rings is 1. The van der Waals surface area contributed by atoms with E-state index in [0.29, 0.717) is 11.3 Å². The quantitative estimate of drug-likeness (QED) is 0.882. The van der Waals surface area contributed by atoms with Crippen LogP contribution in [0.4, 0.5) is 0 Å². The molecule has 2 aliphatic rings. The Balaban J connectivity index is 1.69. The van der Waals surface area contributed by atoms with Gasteiger partial charge in [0.15, 0.2) is 5.82 Å². The third kappa shape index (κ3) is 2.17. The summed E-state index contributed by atoms with van der Waals surface area (Å²) in [6.45, 7) is 10.9. The van der Waals surface area contributed by atoms with Crippen LogP contribution in [-0.4, -0.2) is 41.2 Å². The summed E-state index contributed by atoms with van der Waals surface area (Å²) in [5, 5.41) is 7.52. The van der Waals surface area contributed by atoms with E-state index >= 15 is 0 Å². The molecule has 2 atom stereocenters. The topological polar surface area (TPSA) is 54.2 Å². The average molecular weight is 250 g/mol. The summed E-state index contributed by atoms with van der Waals surface area (Å²) >= 11 is 0. The third-order valence-corrected chi connectivity index (χ3v) is 4.34. The lowest BCUT2D eigenvalue weighted by Gasteiger charge is -2.30. The van der Waals surface area contributed by atoms with Crippen molar-refractivity contribution in [1.29, 1.82) is 0 Å². The Kier molecular flexibility index (Phi) is 2.90. The summed E-state index contributed by atoms with van der Waals surface area (Å²) < 4.78 is 5.45. The molecule has 1 N–H and O–H groups in total. The highest BCUT2D eigenvalue weighted by Gasteiger charge is 2.49. The normalized spacial score (nSPS) is 29.2. The van der Waals surface area contributed by atoms with Crippen molar-refractivity contribution in [3.8, 4) is 0 Å². The number of nitrogens with one attached hydrogen (secondary N) is 1. The van der Waals surface area contributed by atoms with E-state index in [0.717, 1.165) is 37.9 Å². The van der Waals surface area contributed by atoms with Gasteiger partial charge in [-0.15, -0.1) is 0 Å². The summed E-state index contributed by atoms with van der Waals surface area (Å²) in [6.07, 6.45) is 1.17. The van der Waals surface area contributed by atoms with Crippen molar-refractivity contribution in [3.63, 3.8) is 0 Å². The van der Waals surface area contributed by atoms with Gasteiger partial charge in [0.2, 0.25) is 5.89 Å². The fraction of sp³-hybridized carbons (Fsp3) is 0.846. The van der Waals surface area contributed by atoms with Gasteiger partial charge >= 0.3 is 0 Å². The molecule has 3 rings (SSSR count). The van der Waals surface area contributed by atoms with Gasteiger partial charge in [-0.2, -0.15) is 4.98 Å². The molecule has 0 radical (unpaired) electrons. The molecule has 100 valence electrons. The van der Waals surface area contributed by atoms with Gasteiger partial charge in [0.05, 0.1) is 6.04 Å². The summed E-state index contributed by atoms with van der Waals surface area (Å²) in [6, 6.07) is 0.232. The lowest BCUT2D eigenvalue weighted by atomic mass is 10.1. The molecule has 1 saturated carbocycles. The van der Waals surface area contributed by atoms with Crippen LogP contribution in [0.15, 0.2) is 4.52 Å². The monoisotopic (exact) mass is 250 g/mol. The van der Waals surface area contributed by atoms with Crippen molar-refractivity contribution < 1.29 is 4.52 Å². The maximum Gasteiger partial charge on any atom is 0.243 e. The molecule has 2 fully saturated rings. The molecule has 2 heterocycles. The van der Waals surface area contributed by atoms with Crippen LogP contribution in [0.25, 0.3) is 0 Å². The van der Waals surface area contributed by atoms with E-state index in [1.165, 1.54) is 6.42 Å². The highest BCUT2D eigenvalue weighted by molar-refractivity contribution is 5.14. The molecule has 1 aliphatic carbocycles. The molecule has 0 aromatic carbocycles. The van der Waals surface area contributed by atoms with Crippen LogP contribution in [0.1, 0.15) is 50.9 Å². The Morgan fingerprint density at radius 2 is 2.06 bits per heavy atom. The predicted octanol–water partition coefficient (Wildman–Crippen LogP) is 1.55. The van der Waals surface area contributed by atoms with E-state index < -0.39 is 0 Å². The molecule has 1 aliphatic heterocycles. The highest BCUT2D eigenvalue weighted by Crippen LogP contribution is 2.57. The number of rotatable bonds is 3. The second kappa shape index (κ2) is 4.31. The van der Waals surface area contributed by atoms with Crippen LogP contribution in [-0.2, 0) is 0 Å². The fourth-order valence-corrected chi connectivity index (χ4v) is 2.69. The number of nitrogens with zero attached hydrogens (tertiary/aromatic N) is 3. The van der Waals surface area contributed by atoms with E-state index in [9.17, 15) is 0 Å². The maximum absolute atomic E-state index is 5.45. The van der Waals surface area contributed by atoms with Crippen molar-refractivity contribution in [2.24, 2.45) is 5.41 Å². The van der Waals surface area contributed by atoms with E-state index in [4.69, 9.17) is 4.52 Å². The van der Waals surface area contributed by atoms with Crippen molar-refractivity contribution in [3.05, 3.63) is 11.7 Å². The summed E-state index contributed by atoms with van der Waals surface area (Å²) in [7, 11) is 0. The molecule has 1 aromatic heterocycles. The lowest BCUT2D eigenvalue weighted by Crippen LogP contribution is -2.44. The van der Waals surface area contributed by atoms with Crippen LogP contribution < -0.4 is 5.32 Å². The Labute approximate surface area is 108 Å². The number of aromatic nitrogens is 2. The second-order valence-corrected chi connectivity index (χ2v) is 6.20. The molecule has 0 spiro atoms. The first kappa shape index (κ1) is 12.1. The van der Waals surface area contributed by atoms with Crippen LogP contribution in [0.5, 0.6) is 0 Å². The van der Waals surface area contributed by atoms with Crippen molar-refractivity contribution in [2.45, 2.75) is 39.2 Å². The third-order valence-electron chi connectivity index (χ3n) is 4.34. The van der Waals surface area contributed by atoms with Gasteiger partial charge in [-0.3, -0.25) is 4.90 Å². The van der Waals surface area contributed by atoms with Gasteiger partial charge in [0, 0.05) is 32.1 Å². The molecule has 5 nitrogen and oxygen atoms in total. The minimum absolute atomic E-state index is 0.232. The minimum Gasteiger partial charge on any atom is -0.338 e. The van der Waals surface area contributed by atoms with Crippen LogP contribution in [0.2, 0.25) is 0 Å². The van der Waals surface area contributed by atoms with Gasteiger partial charge in [0.25, 0.3) is 0 Å². The Bertz CT molecular complexity index is 422. The van der Waals surface area contributed by atoms with Crippen LogP contribution >= 0.6 is 0 Å². The van der Waals surface area contributed by atoms with Crippen molar-refractivity contribution >= 4 is 0 Å². The van der Waals surface area contributed by atoms with E-state index in [2.05, 4.69) is 41.1 Å². The Morgan fingerprint density at radius 3 is 2.67 bits per heavy atom. The van der Waals surface area contributed by atoms with Crippen molar-refractivity contribution in [1.82, 2.24) is 20.4 Å². The Morgan fingerprint density at radius 1 is 1.39 bits per heavy atom. The maximum atomic E-state index is 5.45. The van der Waals surface area contributed by atoms with Gasteiger partial charge < -0.3 is 9.84 Å². The smallest absolute Gasteiger partial charge is 0.243 e. The Hall–Kier alpha value is -0.940. The van der Waals surface area contributed by atoms with E-state index in [1.807, 2.05) is 0 Å². The van der Waals surface area contributed by atoms with Crippen molar-refractivity contribution in [2.75, 3.05) is 26.2 Å². The first-order valence-corrected chi connectivity index (χ1v) is 6.86. The lowest BCUT2D eigenvalue weighted by molar-refractivity contribution is 0.154. The summed E-state index contributed by atoms with van der Waals surface area (Å²) in [5.41, 5.74) is 0.361. The first-order valence-electron chi connectivity index (χ1n) is 6.86. The largest absolute Gasteiger partial charge is 0.338 e. The molecule has 2 unspecified atom stereocenters. The number of hydrogen-bond donors (Lipinski definition) is 1. The molecule has 18 heavy (non-hydrogen) atoms. The van der Waals surface area contributed by atoms with E-state index in [1.54, 1.807) is 0 Å². The zero-order valence-electron chi connectivity index (χ0n) is 11.4. The predicted molar refractivity (Wildman–Crippen MR) is 68.3 cm³/mol. The summed E-state index contributed by atoms with van der Waals surface area (Å²) in [4.78, 5) is 7.00. The minimum atomic E-state index is 0.232. The molecular weight excluding hydrogens is 228 g/mol. The molecular formula is C13H22N4O. The summed E-state index contributed by atoms with van der Waals surface area (Å²) in [5.74, 6) is 2.16. The second-order valence-electron chi connectivity index (χ2n) is 6.20. The van der Waals surface area contributed by atoms with Crippen LogP contribution in [0, 0.1) is 5.41 Å². The highest BCUT2D eigenvalue weighted by atomic mass is 16.5.